The van der Waals surface area contributed by atoms with Crippen LogP contribution in [0.25, 0.3) is 0 Å². The summed E-state index contributed by atoms with van der Waals surface area (Å²) in [6.07, 6.45) is 14.5. The van der Waals surface area contributed by atoms with Crippen molar-refractivity contribution in [3.8, 4) is 0 Å². The molecule has 0 aliphatic carbocycles. The zero-order valence-electron chi connectivity index (χ0n) is 29.4. The van der Waals surface area contributed by atoms with Gasteiger partial charge in [0.25, 0.3) is 0 Å². The first-order valence-electron chi connectivity index (χ1n) is 16.6. The zero-order valence-corrected chi connectivity index (χ0v) is 29.4. The largest absolute Gasteiger partial charge is 1.00 e. The summed E-state index contributed by atoms with van der Waals surface area (Å²) >= 11 is 0. The maximum atomic E-state index is 2.51. The van der Waals surface area contributed by atoms with Crippen molar-refractivity contribution in [2.45, 2.75) is 97.8 Å². The summed E-state index contributed by atoms with van der Waals surface area (Å²) in [5, 5.41) is 0. The van der Waals surface area contributed by atoms with Crippen LogP contribution in [0.3, 0.4) is 0 Å². The Morgan fingerprint density at radius 1 is 0.333 bits per heavy atom. The predicted octanol–water partition coefficient (Wildman–Crippen LogP) is 3.35. The summed E-state index contributed by atoms with van der Waals surface area (Å²) in [5.41, 5.74) is 8.23. The summed E-state index contributed by atoms with van der Waals surface area (Å²) in [4.78, 5) is 0. The maximum absolute atomic E-state index is 2.51. The SMILES string of the molecule is CCCCC[C-](c1ccccc1)c1cc([C-](CCCCC)c2ccccc2)cc([C-](CCCCC)c2ccccc2)c1.[Li+].[Li+].[Li+]. The van der Waals surface area contributed by atoms with E-state index >= 15 is 0 Å². The van der Waals surface area contributed by atoms with Crippen molar-refractivity contribution in [3.63, 3.8) is 0 Å². The molecule has 0 atom stereocenters. The van der Waals surface area contributed by atoms with Crippen LogP contribution in [0, 0.1) is 17.8 Å². The van der Waals surface area contributed by atoms with Gasteiger partial charge in [-0.05, 0) is 0 Å². The van der Waals surface area contributed by atoms with Crippen molar-refractivity contribution >= 4 is 0 Å². The van der Waals surface area contributed by atoms with Gasteiger partial charge < -0.3 is 0 Å². The second-order valence-corrected chi connectivity index (χ2v) is 11.7. The van der Waals surface area contributed by atoms with E-state index in [1.54, 1.807) is 0 Å². The number of rotatable bonds is 18. The molecule has 0 fully saturated rings. The van der Waals surface area contributed by atoms with Gasteiger partial charge in [-0.15, -0.1) is 106 Å². The average Bonchev–Trinajstić information content (AvgIpc) is 3.04. The van der Waals surface area contributed by atoms with Crippen LogP contribution in [0.15, 0.2) is 109 Å². The molecule has 0 spiro atoms. The van der Waals surface area contributed by atoms with Crippen LogP contribution >= 0.6 is 0 Å². The number of hydrogen-bond acceptors (Lipinski definition) is 0. The Balaban J connectivity index is 0.00000337. The van der Waals surface area contributed by atoms with E-state index in [1.807, 2.05) is 0 Å². The van der Waals surface area contributed by atoms with Crippen molar-refractivity contribution in [3.05, 3.63) is 160 Å². The predicted molar refractivity (Wildman–Crippen MR) is 183 cm³/mol. The van der Waals surface area contributed by atoms with Gasteiger partial charge in [0.2, 0.25) is 0 Å². The normalized spacial score (nSPS) is 10.2. The van der Waals surface area contributed by atoms with Gasteiger partial charge in [-0.3, -0.25) is 0 Å². The molecule has 0 saturated carbocycles. The molecule has 0 bridgehead atoms. The van der Waals surface area contributed by atoms with Crippen LogP contribution in [-0.2, 0) is 0 Å². The van der Waals surface area contributed by atoms with Crippen molar-refractivity contribution in [1.29, 1.82) is 0 Å². The van der Waals surface area contributed by atoms with Crippen molar-refractivity contribution < 1.29 is 56.6 Å². The van der Waals surface area contributed by atoms with Gasteiger partial charge in [-0.2, -0.15) is 0 Å². The van der Waals surface area contributed by atoms with Crippen LogP contribution < -0.4 is 56.6 Å². The van der Waals surface area contributed by atoms with Gasteiger partial charge >= 0.3 is 56.6 Å². The Hall–Kier alpha value is -1.72. The second-order valence-electron chi connectivity index (χ2n) is 11.7. The van der Waals surface area contributed by atoms with Gasteiger partial charge in [-0.25, -0.2) is 0 Å². The minimum absolute atomic E-state index is 0. The topological polar surface area (TPSA) is 0 Å². The fourth-order valence-electron chi connectivity index (χ4n) is 6.09. The van der Waals surface area contributed by atoms with E-state index in [2.05, 4.69) is 130 Å². The van der Waals surface area contributed by atoms with Crippen molar-refractivity contribution in [2.75, 3.05) is 0 Å². The molecular weight excluding hydrogens is 525 g/mol. The standard InChI is InChI=1S/C42H51.3Li/c1-4-7-13-28-40(34-22-16-10-17-23-34)37-31-38(41(29-14-8-5-2)35-24-18-11-19-25-35)33-39(32-37)42(30-15-9-6-3)36-26-20-12-21-27-36;;;/h10-12,16-27,31-33H,4-9,13-15,28-30H2,1-3H3;;;/q-3;3*+1. The summed E-state index contributed by atoms with van der Waals surface area (Å²) in [6.45, 7) is 6.90. The number of hydrogen-bond donors (Lipinski definition) is 0. The zero-order chi connectivity index (χ0) is 29.4. The summed E-state index contributed by atoms with van der Waals surface area (Å²) in [5.74, 6) is 4.44. The first-order valence-corrected chi connectivity index (χ1v) is 16.6. The molecule has 0 radical (unpaired) electrons. The first-order chi connectivity index (χ1) is 20.7. The molecule has 4 aromatic rings. The molecule has 0 nitrogen and oxygen atoms in total. The third-order valence-electron chi connectivity index (χ3n) is 8.44. The van der Waals surface area contributed by atoms with Gasteiger partial charge in [0, 0.05) is 0 Å². The molecule has 4 rings (SSSR count). The molecule has 222 valence electrons. The van der Waals surface area contributed by atoms with E-state index in [1.165, 1.54) is 109 Å². The monoisotopic (exact) mass is 576 g/mol. The van der Waals surface area contributed by atoms with E-state index in [0.717, 1.165) is 19.3 Å². The number of unbranched alkanes of at least 4 members (excludes halogenated alkanes) is 6. The molecule has 0 aliphatic heterocycles. The third kappa shape index (κ3) is 12.8. The number of benzene rings is 4. The molecule has 0 amide bonds. The fraction of sp³-hybridized carbons (Fsp3) is 0.357. The summed E-state index contributed by atoms with van der Waals surface area (Å²) in [7, 11) is 0. The van der Waals surface area contributed by atoms with Gasteiger partial charge in [0.15, 0.2) is 0 Å². The van der Waals surface area contributed by atoms with Crippen molar-refractivity contribution in [2.24, 2.45) is 0 Å². The van der Waals surface area contributed by atoms with Crippen LogP contribution in [-0.4, -0.2) is 0 Å². The Labute approximate surface area is 312 Å². The minimum Gasteiger partial charge on any atom is -0.126 e. The molecule has 4 aromatic carbocycles. The van der Waals surface area contributed by atoms with E-state index in [4.69, 9.17) is 0 Å². The maximum Gasteiger partial charge on any atom is 1.00 e. The molecule has 0 N–H and O–H groups in total. The minimum atomic E-state index is 0. The molecule has 0 aliphatic rings. The average molecular weight is 577 g/mol. The van der Waals surface area contributed by atoms with Gasteiger partial charge in [-0.1, -0.05) is 152 Å². The van der Waals surface area contributed by atoms with E-state index in [9.17, 15) is 0 Å². The summed E-state index contributed by atoms with van der Waals surface area (Å²) < 4.78 is 0. The quantitative estimate of drug-likeness (QED) is 0.0969. The van der Waals surface area contributed by atoms with Crippen molar-refractivity contribution in [1.82, 2.24) is 0 Å². The Bertz CT molecular complexity index is 1100. The third-order valence-corrected chi connectivity index (χ3v) is 8.44. The second kappa shape index (κ2) is 23.6. The Morgan fingerprint density at radius 3 is 0.800 bits per heavy atom. The smallest absolute Gasteiger partial charge is 0.126 e. The molecule has 3 heteroatoms. The van der Waals surface area contributed by atoms with Gasteiger partial charge in [0.1, 0.15) is 0 Å². The van der Waals surface area contributed by atoms with Crippen LogP contribution in [0.1, 0.15) is 131 Å². The molecular formula is C42H51Li3. The van der Waals surface area contributed by atoms with Gasteiger partial charge in [0.05, 0.1) is 0 Å². The van der Waals surface area contributed by atoms with Crippen LogP contribution in [0.5, 0.6) is 0 Å². The van der Waals surface area contributed by atoms with E-state index in [-0.39, 0.29) is 56.6 Å². The molecule has 0 unspecified atom stereocenters. The van der Waals surface area contributed by atoms with Crippen LogP contribution in [0.4, 0.5) is 0 Å². The first kappa shape index (κ1) is 41.3. The van der Waals surface area contributed by atoms with E-state index in [0.29, 0.717) is 0 Å². The van der Waals surface area contributed by atoms with Crippen LogP contribution in [0.2, 0.25) is 0 Å². The molecule has 45 heavy (non-hydrogen) atoms. The summed E-state index contributed by atoms with van der Waals surface area (Å²) in [6, 6.07) is 40.9. The fourth-order valence-corrected chi connectivity index (χ4v) is 6.09. The Morgan fingerprint density at radius 2 is 0.578 bits per heavy atom. The van der Waals surface area contributed by atoms with E-state index < -0.39 is 0 Å². The molecule has 0 heterocycles. The Kier molecular flexibility index (Phi) is 21.6. The molecule has 0 saturated heterocycles. The molecule has 0 aromatic heterocycles.